The van der Waals surface area contributed by atoms with Crippen LogP contribution in [0.2, 0.25) is 0 Å². The number of hydrogen-bond acceptors (Lipinski definition) is 10. The van der Waals surface area contributed by atoms with Gasteiger partial charge >= 0.3 is 11.9 Å². The van der Waals surface area contributed by atoms with E-state index in [-0.39, 0.29) is 37.0 Å². The van der Waals surface area contributed by atoms with Crippen LogP contribution in [0.15, 0.2) is 24.3 Å². The first kappa shape index (κ1) is 32.1. The van der Waals surface area contributed by atoms with Gasteiger partial charge in [0.25, 0.3) is 0 Å². The molecular formula is C30H46O10. The molecule has 0 heterocycles. The molecule has 3 rings (SSSR count). The Balaban J connectivity index is 1.10. The highest BCUT2D eigenvalue weighted by Gasteiger charge is 2.24. The summed E-state index contributed by atoms with van der Waals surface area (Å²) in [6.07, 6.45) is 8.24. The van der Waals surface area contributed by atoms with Gasteiger partial charge in [-0.2, -0.15) is 0 Å². The second-order valence-electron chi connectivity index (χ2n) is 9.89. The number of hydrogen-bond donors (Lipinski definition) is 0. The molecule has 0 aliphatic heterocycles. The van der Waals surface area contributed by atoms with E-state index < -0.39 is 0 Å². The lowest BCUT2D eigenvalue weighted by Gasteiger charge is -2.13. The Labute approximate surface area is 237 Å². The standard InChI is InChI=1S/C30H46O10/c31-29(25-7-1-2-8-25)39-23-19-35-15-13-33-17-21-37-27-11-5-6-12-28(27)38-22-18-34-14-16-36-20-24-40-30(32)26-9-3-4-10-26/h5-6,11-12,25-26H,1-4,7-10,13-24H2. The summed E-state index contributed by atoms with van der Waals surface area (Å²) in [5.74, 6) is 1.25. The topological polar surface area (TPSA) is 108 Å². The third kappa shape index (κ3) is 13.3. The van der Waals surface area contributed by atoms with Crippen LogP contribution in [-0.2, 0) is 38.0 Å². The van der Waals surface area contributed by atoms with Crippen molar-refractivity contribution >= 4 is 11.9 Å². The number of carbonyl (C=O) groups is 2. The fraction of sp³-hybridized carbons (Fsp3) is 0.733. The maximum Gasteiger partial charge on any atom is 0.309 e. The van der Waals surface area contributed by atoms with Crippen LogP contribution in [0.5, 0.6) is 11.5 Å². The zero-order valence-corrected chi connectivity index (χ0v) is 23.7. The van der Waals surface area contributed by atoms with Crippen LogP contribution in [-0.4, -0.2) is 91.2 Å². The van der Waals surface area contributed by atoms with Crippen molar-refractivity contribution in [2.45, 2.75) is 51.4 Å². The smallest absolute Gasteiger partial charge is 0.309 e. The van der Waals surface area contributed by atoms with Gasteiger partial charge in [-0.05, 0) is 37.8 Å². The van der Waals surface area contributed by atoms with Gasteiger partial charge in [-0.15, -0.1) is 0 Å². The second-order valence-corrected chi connectivity index (χ2v) is 9.89. The van der Waals surface area contributed by atoms with Crippen molar-refractivity contribution in [1.82, 2.24) is 0 Å². The molecule has 0 saturated heterocycles. The van der Waals surface area contributed by atoms with Crippen molar-refractivity contribution < 1.29 is 47.5 Å². The molecule has 2 aliphatic carbocycles. The van der Waals surface area contributed by atoms with Crippen molar-refractivity contribution in [1.29, 1.82) is 0 Å². The summed E-state index contributed by atoms with van der Waals surface area (Å²) in [6.45, 7) is 4.63. The molecule has 1 aromatic carbocycles. The summed E-state index contributed by atoms with van der Waals surface area (Å²) >= 11 is 0. The predicted octanol–water partition coefficient (Wildman–Crippen LogP) is 3.98. The van der Waals surface area contributed by atoms with Crippen LogP contribution < -0.4 is 9.47 Å². The lowest BCUT2D eigenvalue weighted by atomic mass is 10.1. The molecule has 0 amide bonds. The summed E-state index contributed by atoms with van der Waals surface area (Å²) in [7, 11) is 0. The van der Waals surface area contributed by atoms with Gasteiger partial charge in [-0.1, -0.05) is 37.8 Å². The molecule has 0 radical (unpaired) electrons. The van der Waals surface area contributed by atoms with E-state index in [1.165, 1.54) is 0 Å². The van der Waals surface area contributed by atoms with Crippen LogP contribution in [0.25, 0.3) is 0 Å². The van der Waals surface area contributed by atoms with Crippen molar-refractivity contribution in [2.75, 3.05) is 79.3 Å². The second kappa shape index (κ2) is 20.5. The lowest BCUT2D eigenvalue weighted by molar-refractivity contribution is -0.150. The van der Waals surface area contributed by atoms with Gasteiger partial charge in [0.2, 0.25) is 0 Å². The predicted molar refractivity (Wildman–Crippen MR) is 147 cm³/mol. The van der Waals surface area contributed by atoms with Gasteiger partial charge in [0, 0.05) is 0 Å². The maximum atomic E-state index is 11.8. The SMILES string of the molecule is O=C(OCCOCCOCCOc1ccccc1OCCOCCOCCOC(=O)C1CCCC1)C1CCCC1. The molecule has 226 valence electrons. The number of benzene rings is 1. The van der Waals surface area contributed by atoms with Crippen molar-refractivity contribution in [3.05, 3.63) is 24.3 Å². The first-order valence-electron chi connectivity index (χ1n) is 14.7. The molecule has 2 fully saturated rings. The van der Waals surface area contributed by atoms with E-state index in [1.807, 2.05) is 24.3 Å². The average Bonchev–Trinajstić information content (AvgIpc) is 3.71. The zero-order valence-electron chi connectivity index (χ0n) is 23.7. The van der Waals surface area contributed by atoms with Crippen LogP contribution in [0.4, 0.5) is 0 Å². The molecule has 10 heteroatoms. The molecule has 0 unspecified atom stereocenters. The van der Waals surface area contributed by atoms with Crippen molar-refractivity contribution in [3.8, 4) is 11.5 Å². The minimum Gasteiger partial charge on any atom is -0.487 e. The van der Waals surface area contributed by atoms with Crippen LogP contribution in [0.3, 0.4) is 0 Å². The first-order valence-corrected chi connectivity index (χ1v) is 14.7. The molecule has 0 N–H and O–H groups in total. The van der Waals surface area contributed by atoms with E-state index in [2.05, 4.69) is 0 Å². The molecular weight excluding hydrogens is 520 g/mol. The largest absolute Gasteiger partial charge is 0.487 e. The number of para-hydroxylation sites is 2. The van der Waals surface area contributed by atoms with Crippen LogP contribution in [0, 0.1) is 11.8 Å². The highest BCUT2D eigenvalue weighted by atomic mass is 16.6. The molecule has 0 atom stereocenters. The number of rotatable bonds is 22. The minimum atomic E-state index is -0.0948. The number of ether oxygens (including phenoxy) is 8. The Hall–Kier alpha value is -2.40. The molecule has 0 aromatic heterocycles. The Morgan fingerprint density at radius 3 is 1.20 bits per heavy atom. The molecule has 1 aromatic rings. The maximum absolute atomic E-state index is 11.8. The van der Waals surface area contributed by atoms with E-state index in [0.717, 1.165) is 51.4 Å². The van der Waals surface area contributed by atoms with Crippen LogP contribution >= 0.6 is 0 Å². The number of carbonyl (C=O) groups excluding carboxylic acids is 2. The lowest BCUT2D eigenvalue weighted by Crippen LogP contribution is -2.18. The third-order valence-electron chi connectivity index (χ3n) is 6.88. The Morgan fingerprint density at radius 1 is 0.500 bits per heavy atom. The Morgan fingerprint density at radius 2 is 0.825 bits per heavy atom. The van der Waals surface area contributed by atoms with Gasteiger partial charge in [-0.3, -0.25) is 9.59 Å². The summed E-state index contributed by atoms with van der Waals surface area (Å²) in [4.78, 5) is 23.7. The fourth-order valence-corrected chi connectivity index (χ4v) is 4.71. The van der Waals surface area contributed by atoms with Gasteiger partial charge in [0.05, 0.1) is 64.7 Å². The summed E-state index contributed by atoms with van der Waals surface area (Å²) in [5, 5.41) is 0. The van der Waals surface area contributed by atoms with E-state index in [4.69, 9.17) is 37.9 Å². The highest BCUT2D eigenvalue weighted by Crippen LogP contribution is 2.27. The monoisotopic (exact) mass is 566 g/mol. The van der Waals surface area contributed by atoms with Crippen molar-refractivity contribution in [2.24, 2.45) is 11.8 Å². The van der Waals surface area contributed by atoms with Gasteiger partial charge in [-0.25, -0.2) is 0 Å². The Kier molecular flexibility index (Phi) is 16.4. The van der Waals surface area contributed by atoms with Gasteiger partial charge in [0.1, 0.15) is 26.4 Å². The summed E-state index contributed by atoms with van der Waals surface area (Å²) in [5.41, 5.74) is 0. The fourth-order valence-electron chi connectivity index (χ4n) is 4.71. The highest BCUT2D eigenvalue weighted by molar-refractivity contribution is 5.73. The molecule has 0 bridgehead atoms. The van der Waals surface area contributed by atoms with E-state index >= 15 is 0 Å². The first-order chi connectivity index (χ1) is 19.7. The van der Waals surface area contributed by atoms with Gasteiger partial charge < -0.3 is 37.9 Å². The van der Waals surface area contributed by atoms with Gasteiger partial charge in [0.15, 0.2) is 11.5 Å². The Bertz CT molecular complexity index is 753. The minimum absolute atomic E-state index is 0.0780. The van der Waals surface area contributed by atoms with E-state index in [0.29, 0.717) is 77.6 Å². The quantitative estimate of drug-likeness (QED) is 0.151. The molecule has 2 saturated carbocycles. The van der Waals surface area contributed by atoms with Crippen molar-refractivity contribution in [3.63, 3.8) is 0 Å². The summed E-state index contributed by atoms with van der Waals surface area (Å²) < 4.78 is 44.1. The molecule has 2 aliphatic rings. The van der Waals surface area contributed by atoms with E-state index in [9.17, 15) is 9.59 Å². The average molecular weight is 567 g/mol. The molecule has 40 heavy (non-hydrogen) atoms. The zero-order chi connectivity index (χ0) is 28.1. The normalized spacial score (nSPS) is 15.8. The molecule has 0 spiro atoms. The van der Waals surface area contributed by atoms with E-state index in [1.54, 1.807) is 0 Å². The summed E-state index contributed by atoms with van der Waals surface area (Å²) in [6, 6.07) is 7.46. The third-order valence-corrected chi connectivity index (χ3v) is 6.88. The number of esters is 2. The van der Waals surface area contributed by atoms with Crippen LogP contribution in [0.1, 0.15) is 51.4 Å². The molecule has 10 nitrogen and oxygen atoms in total.